The van der Waals surface area contributed by atoms with Gasteiger partial charge in [-0.25, -0.2) is 4.98 Å². The lowest BCUT2D eigenvalue weighted by Gasteiger charge is -2.38. The third-order valence-electron chi connectivity index (χ3n) is 11.3. The largest absolute Gasteiger partial charge is 0.494 e. The molecule has 4 aliphatic rings. The normalized spacial score (nSPS) is 19.6. The second kappa shape index (κ2) is 15.3. The molecule has 3 fully saturated rings. The molecule has 0 spiro atoms. The molecule has 4 aromatic rings. The number of amides is 4. The van der Waals surface area contributed by atoms with Crippen LogP contribution in [0.5, 0.6) is 5.75 Å². The second-order valence-electron chi connectivity index (χ2n) is 14.9. The number of rotatable bonds is 8. The molecule has 8 rings (SSSR count). The Kier molecular flexibility index (Phi) is 10.2. The van der Waals surface area contributed by atoms with E-state index in [1.165, 1.54) is 13.2 Å². The smallest absolute Gasteiger partial charge is 0.433 e. The van der Waals surface area contributed by atoms with E-state index in [4.69, 9.17) is 9.84 Å². The van der Waals surface area contributed by atoms with Gasteiger partial charge in [0.2, 0.25) is 5.91 Å². The average Bonchev–Trinajstić information content (AvgIpc) is 3.74. The summed E-state index contributed by atoms with van der Waals surface area (Å²) in [6, 6.07) is 10.6. The summed E-state index contributed by atoms with van der Waals surface area (Å²) in [5.74, 6) is -2.16. The lowest BCUT2D eigenvalue weighted by atomic mass is 9.92. The molecule has 2 aromatic heterocycles. The number of imide groups is 1. The van der Waals surface area contributed by atoms with Gasteiger partial charge < -0.3 is 19.9 Å². The third kappa shape index (κ3) is 7.50. The number of piperidine rings is 1. The number of benzene rings is 2. The van der Waals surface area contributed by atoms with E-state index in [-0.39, 0.29) is 66.1 Å². The summed E-state index contributed by atoms with van der Waals surface area (Å²) in [6.07, 6.45) is -1.34. The van der Waals surface area contributed by atoms with E-state index in [2.05, 4.69) is 20.1 Å². The number of likely N-dealkylation sites (tertiary alicyclic amines) is 1. The zero-order valence-corrected chi connectivity index (χ0v) is 31.5. The minimum Gasteiger partial charge on any atom is -0.494 e. The van der Waals surface area contributed by atoms with Crippen molar-refractivity contribution in [1.29, 1.82) is 0 Å². The minimum atomic E-state index is -4.69. The lowest BCUT2D eigenvalue weighted by molar-refractivity contribution is -0.141. The Balaban J connectivity index is 0.835. The van der Waals surface area contributed by atoms with Crippen molar-refractivity contribution in [2.45, 2.75) is 50.4 Å². The van der Waals surface area contributed by atoms with Gasteiger partial charge in [0.25, 0.3) is 17.7 Å². The predicted octanol–water partition coefficient (Wildman–Crippen LogP) is 3.98. The van der Waals surface area contributed by atoms with Crippen LogP contribution in [0.3, 0.4) is 0 Å². The van der Waals surface area contributed by atoms with Gasteiger partial charge in [0.05, 0.1) is 54.5 Å². The Morgan fingerprint density at radius 1 is 0.897 bits per heavy atom. The van der Waals surface area contributed by atoms with E-state index >= 15 is 0 Å². The lowest BCUT2D eigenvalue weighted by Crippen LogP contribution is -2.52. The maximum atomic E-state index is 13.4. The zero-order chi connectivity index (χ0) is 40.9. The highest BCUT2D eigenvalue weighted by Gasteiger charge is 2.44. The van der Waals surface area contributed by atoms with Gasteiger partial charge in [-0.2, -0.15) is 18.3 Å². The summed E-state index contributed by atoms with van der Waals surface area (Å²) < 4.78 is 46.8. The quantitative estimate of drug-likeness (QED) is 0.202. The molecule has 5 heterocycles. The van der Waals surface area contributed by atoms with Crippen LogP contribution in [-0.2, 0) is 20.6 Å². The summed E-state index contributed by atoms with van der Waals surface area (Å²) >= 11 is 0. The number of hydrogen-bond acceptors (Lipinski definition) is 11. The fraction of sp³-hybridized carbons (Fsp3) is 0.400. The summed E-state index contributed by atoms with van der Waals surface area (Å²) in [4.78, 5) is 87.4. The molecule has 2 aromatic carbocycles. The number of nitrogens with one attached hydrogen (secondary N) is 1. The number of nitrogens with zero attached hydrogens (tertiary/aromatic N) is 7. The predicted molar refractivity (Wildman–Crippen MR) is 202 cm³/mol. The van der Waals surface area contributed by atoms with Crippen LogP contribution in [0.25, 0.3) is 10.9 Å². The number of fused-ring (bicyclic) bond motifs is 2. The van der Waals surface area contributed by atoms with Gasteiger partial charge in [-0.05, 0) is 55.7 Å². The van der Waals surface area contributed by atoms with Crippen LogP contribution in [0, 0.1) is 0 Å². The van der Waals surface area contributed by atoms with E-state index < -0.39 is 47.1 Å². The van der Waals surface area contributed by atoms with E-state index in [1.807, 2.05) is 15.8 Å². The number of ketones is 2. The number of hydrogen-bond donors (Lipinski definition) is 1. The Morgan fingerprint density at radius 3 is 2.34 bits per heavy atom. The summed E-state index contributed by atoms with van der Waals surface area (Å²) in [5, 5.41) is 8.04. The van der Waals surface area contributed by atoms with E-state index in [9.17, 15) is 41.9 Å². The first-order valence-corrected chi connectivity index (χ1v) is 19.0. The van der Waals surface area contributed by atoms with Crippen LogP contribution >= 0.6 is 0 Å². The average molecular weight is 801 g/mol. The molecule has 4 amide bonds. The molecule has 3 aliphatic heterocycles. The van der Waals surface area contributed by atoms with Crippen molar-refractivity contribution in [1.82, 2.24) is 29.5 Å². The van der Waals surface area contributed by atoms with Gasteiger partial charge in [-0.1, -0.05) is 6.07 Å². The SMILES string of the molecule is COc1cc2nn(C3CCN(CC(=O)N4CCN(c5ccc6c(c5)C(=O)N(C5CCC(=O)CC5=O)C6=O)CC4)CC3)cc2cc1NC(=O)c1cccc(C(F)(F)F)n1. The molecule has 1 aliphatic carbocycles. The van der Waals surface area contributed by atoms with Crippen molar-refractivity contribution in [2.75, 3.05) is 63.1 Å². The van der Waals surface area contributed by atoms with Crippen molar-refractivity contribution in [2.24, 2.45) is 0 Å². The van der Waals surface area contributed by atoms with Crippen molar-refractivity contribution in [3.05, 3.63) is 77.2 Å². The number of carbonyl (C=O) groups excluding carboxylic acids is 6. The van der Waals surface area contributed by atoms with Crippen LogP contribution in [0.1, 0.15) is 75.0 Å². The van der Waals surface area contributed by atoms with Crippen molar-refractivity contribution < 1.29 is 46.7 Å². The third-order valence-corrected chi connectivity index (χ3v) is 11.3. The van der Waals surface area contributed by atoms with Crippen LogP contribution in [0.2, 0.25) is 0 Å². The number of piperazine rings is 1. The van der Waals surface area contributed by atoms with Crippen LogP contribution in [0.4, 0.5) is 24.5 Å². The van der Waals surface area contributed by atoms with Crippen molar-refractivity contribution >= 4 is 57.5 Å². The Labute approximate surface area is 329 Å². The van der Waals surface area contributed by atoms with Crippen LogP contribution in [0.15, 0.2) is 54.7 Å². The molecule has 0 bridgehead atoms. The standard InChI is InChI=1S/C40H39F3N8O7/c1-58-34-20-30-23(17-31(34)45-37(55)29-3-2-4-35(44-29)40(41,42)43)21-50(46-30)24-9-11-47(12-10-24)22-36(54)49-15-13-48(14-16-49)25-5-7-27-28(18-25)39(57)51(38(27)56)32-8-6-26(52)19-33(32)53/h2-5,7,17-18,20-21,24,32H,6,8-16,19,22H2,1H3,(H,45,55). The highest BCUT2D eigenvalue weighted by atomic mass is 19.4. The van der Waals surface area contributed by atoms with Gasteiger partial charge in [-0.15, -0.1) is 0 Å². The fourth-order valence-corrected chi connectivity index (χ4v) is 8.14. The van der Waals surface area contributed by atoms with Crippen molar-refractivity contribution in [3.63, 3.8) is 0 Å². The van der Waals surface area contributed by atoms with Gasteiger partial charge >= 0.3 is 6.18 Å². The Morgan fingerprint density at radius 2 is 1.64 bits per heavy atom. The number of alkyl halides is 3. The number of halogens is 3. The van der Waals surface area contributed by atoms with E-state index in [0.717, 1.165) is 35.6 Å². The van der Waals surface area contributed by atoms with Crippen LogP contribution < -0.4 is 15.0 Å². The molecule has 1 unspecified atom stereocenters. The van der Waals surface area contributed by atoms with Gasteiger partial charge in [0, 0.05) is 69.0 Å². The molecule has 18 heteroatoms. The maximum Gasteiger partial charge on any atom is 0.433 e. The zero-order valence-electron chi connectivity index (χ0n) is 31.5. The molecule has 302 valence electrons. The summed E-state index contributed by atoms with van der Waals surface area (Å²) in [6.45, 7) is 3.65. The van der Waals surface area contributed by atoms with Gasteiger partial charge in [0.1, 0.15) is 22.9 Å². The second-order valence-corrected chi connectivity index (χ2v) is 14.9. The fourth-order valence-electron chi connectivity index (χ4n) is 8.14. The molecule has 15 nitrogen and oxygen atoms in total. The number of pyridine rings is 1. The Hall–Kier alpha value is -6.17. The first-order valence-electron chi connectivity index (χ1n) is 19.0. The van der Waals surface area contributed by atoms with E-state index in [1.54, 1.807) is 30.3 Å². The number of anilines is 2. The molecule has 1 saturated carbocycles. The van der Waals surface area contributed by atoms with Gasteiger partial charge in [-0.3, -0.25) is 43.2 Å². The Bertz CT molecular complexity index is 2350. The molecule has 1 N–H and O–H groups in total. The summed E-state index contributed by atoms with van der Waals surface area (Å²) in [5.41, 5.74) is 0.534. The first kappa shape index (κ1) is 38.7. The topological polar surface area (TPSA) is 167 Å². The highest BCUT2D eigenvalue weighted by Crippen LogP contribution is 2.34. The van der Waals surface area contributed by atoms with Crippen LogP contribution in [-0.4, -0.2) is 124 Å². The minimum absolute atomic E-state index is 0.0194. The van der Waals surface area contributed by atoms with Crippen molar-refractivity contribution in [3.8, 4) is 5.75 Å². The summed E-state index contributed by atoms with van der Waals surface area (Å²) in [7, 11) is 1.41. The number of ether oxygens (including phenoxy) is 1. The number of Topliss-reactive ketones (excluding diaryl/α,β-unsaturated/α-hetero) is 2. The maximum absolute atomic E-state index is 13.4. The number of carbonyl (C=O) groups is 6. The molecule has 0 radical (unpaired) electrons. The van der Waals surface area contributed by atoms with E-state index in [0.29, 0.717) is 50.2 Å². The molecule has 58 heavy (non-hydrogen) atoms. The molecule has 1 atom stereocenters. The molecular weight excluding hydrogens is 761 g/mol. The van der Waals surface area contributed by atoms with Gasteiger partial charge in [0.15, 0.2) is 5.78 Å². The number of methoxy groups -OCH3 is 1. The monoisotopic (exact) mass is 800 g/mol. The highest BCUT2D eigenvalue weighted by molar-refractivity contribution is 6.24. The molecule has 2 saturated heterocycles. The number of aromatic nitrogens is 3. The first-order chi connectivity index (χ1) is 27.8. The molecular formula is C40H39F3N8O7.